The smallest absolute Gasteiger partial charge is 0.264 e. The van der Waals surface area contributed by atoms with Crippen LogP contribution in [0.2, 0.25) is 0 Å². The lowest BCUT2D eigenvalue weighted by atomic mass is 9.95. The highest BCUT2D eigenvalue weighted by Crippen LogP contribution is 2.38. The van der Waals surface area contributed by atoms with Crippen LogP contribution in [0, 0.1) is 17.5 Å². The van der Waals surface area contributed by atoms with Crippen molar-refractivity contribution in [2.45, 2.75) is 19.4 Å². The van der Waals surface area contributed by atoms with E-state index in [-0.39, 0.29) is 24.0 Å². The molecule has 0 aliphatic carbocycles. The molecular formula is C24H21F3N4O3. The number of likely N-dealkylation sites (N-methyl/N-ethyl adjacent to an activating group) is 1. The number of hydrogen-bond donors (Lipinski definition) is 0. The lowest BCUT2D eigenvalue weighted by Crippen LogP contribution is -2.39. The van der Waals surface area contributed by atoms with E-state index in [0.717, 1.165) is 17.7 Å². The Morgan fingerprint density at radius 1 is 1.12 bits per heavy atom. The molecule has 34 heavy (non-hydrogen) atoms. The lowest BCUT2D eigenvalue weighted by molar-refractivity contribution is -0.120. The number of ether oxygens (including phenoxy) is 1. The van der Waals surface area contributed by atoms with E-state index < -0.39 is 23.5 Å². The Hall–Kier alpha value is -3.82. The number of benzene rings is 2. The maximum atomic E-state index is 13.9. The van der Waals surface area contributed by atoms with Gasteiger partial charge in [-0.25, -0.2) is 13.2 Å². The van der Waals surface area contributed by atoms with Crippen molar-refractivity contribution in [3.05, 3.63) is 64.6 Å². The number of hydrogen-bond acceptors (Lipinski definition) is 4. The molecule has 0 fully saturated rings. The van der Waals surface area contributed by atoms with Crippen molar-refractivity contribution < 1.29 is 27.5 Å². The van der Waals surface area contributed by atoms with Crippen molar-refractivity contribution in [2.24, 2.45) is 7.05 Å². The third-order valence-corrected chi connectivity index (χ3v) is 6.45. The van der Waals surface area contributed by atoms with E-state index in [9.17, 15) is 22.8 Å². The maximum absolute atomic E-state index is 13.9. The molecule has 0 unspecified atom stereocenters. The fourth-order valence-corrected chi connectivity index (χ4v) is 4.65. The van der Waals surface area contributed by atoms with Crippen molar-refractivity contribution in [2.75, 3.05) is 25.1 Å². The molecule has 0 saturated carbocycles. The number of aryl methyl sites for hydroxylation is 1. The molecule has 5 rings (SSSR count). The first-order valence-electron chi connectivity index (χ1n) is 10.7. The summed E-state index contributed by atoms with van der Waals surface area (Å²) < 4.78 is 48.1. The van der Waals surface area contributed by atoms with E-state index in [1.165, 1.54) is 9.58 Å². The van der Waals surface area contributed by atoms with Crippen molar-refractivity contribution >= 4 is 17.5 Å². The summed E-state index contributed by atoms with van der Waals surface area (Å²) >= 11 is 0. The fraction of sp³-hybridized carbons (Fsp3) is 0.292. The average Bonchev–Trinajstić information content (AvgIpc) is 3.16. The van der Waals surface area contributed by atoms with Crippen molar-refractivity contribution in [3.8, 4) is 17.0 Å². The van der Waals surface area contributed by atoms with Gasteiger partial charge in [0, 0.05) is 37.3 Å². The molecule has 2 aromatic carbocycles. The van der Waals surface area contributed by atoms with Gasteiger partial charge < -0.3 is 14.5 Å². The van der Waals surface area contributed by atoms with Crippen LogP contribution in [0.1, 0.15) is 34.6 Å². The predicted molar refractivity (Wildman–Crippen MR) is 117 cm³/mol. The molecule has 0 N–H and O–H groups in total. The number of halogens is 3. The molecule has 3 heterocycles. The van der Waals surface area contributed by atoms with Crippen LogP contribution < -0.4 is 9.64 Å². The second-order valence-corrected chi connectivity index (χ2v) is 8.44. The summed E-state index contributed by atoms with van der Waals surface area (Å²) in [7, 11) is 3.27. The zero-order chi connectivity index (χ0) is 24.3. The predicted octanol–water partition coefficient (Wildman–Crippen LogP) is 3.62. The van der Waals surface area contributed by atoms with E-state index in [2.05, 4.69) is 5.10 Å². The molecule has 2 amide bonds. The highest BCUT2D eigenvalue weighted by Gasteiger charge is 2.34. The van der Waals surface area contributed by atoms with Crippen molar-refractivity contribution in [1.82, 2.24) is 14.7 Å². The van der Waals surface area contributed by atoms with Gasteiger partial charge in [0.2, 0.25) is 0 Å². The number of aromatic nitrogens is 2. The molecule has 0 radical (unpaired) electrons. The van der Waals surface area contributed by atoms with Gasteiger partial charge in [0.05, 0.1) is 23.1 Å². The zero-order valence-electron chi connectivity index (χ0n) is 18.7. The molecule has 1 atom stereocenters. The Morgan fingerprint density at radius 3 is 2.53 bits per heavy atom. The molecule has 2 aliphatic heterocycles. The molecule has 0 bridgehead atoms. The second-order valence-electron chi connectivity index (χ2n) is 8.44. The van der Waals surface area contributed by atoms with Gasteiger partial charge in [-0.2, -0.15) is 5.10 Å². The largest absolute Gasteiger partial charge is 0.482 e. The van der Waals surface area contributed by atoms with Gasteiger partial charge in [-0.05, 0) is 43.7 Å². The Bertz CT molecular complexity index is 1330. The minimum Gasteiger partial charge on any atom is -0.482 e. The van der Waals surface area contributed by atoms with Crippen LogP contribution in [-0.4, -0.2) is 46.7 Å². The van der Waals surface area contributed by atoms with Crippen LogP contribution >= 0.6 is 0 Å². The summed E-state index contributed by atoms with van der Waals surface area (Å²) in [5.74, 6) is -3.98. The van der Waals surface area contributed by atoms with Gasteiger partial charge in [0.25, 0.3) is 11.8 Å². The molecule has 2 aliphatic rings. The number of carbonyl (C=O) groups excluding carboxylic acids is 2. The summed E-state index contributed by atoms with van der Waals surface area (Å²) in [6.45, 7) is 2.13. The van der Waals surface area contributed by atoms with Gasteiger partial charge in [0.1, 0.15) is 5.75 Å². The van der Waals surface area contributed by atoms with Crippen LogP contribution in [0.15, 0.2) is 30.3 Å². The summed E-state index contributed by atoms with van der Waals surface area (Å²) in [5.41, 5.74) is 2.95. The molecular weight excluding hydrogens is 449 g/mol. The maximum Gasteiger partial charge on any atom is 0.264 e. The molecule has 0 spiro atoms. The Labute approximate surface area is 193 Å². The highest BCUT2D eigenvalue weighted by atomic mass is 19.2. The van der Waals surface area contributed by atoms with Gasteiger partial charge in [-0.15, -0.1) is 0 Å². The second kappa shape index (κ2) is 7.89. The Morgan fingerprint density at radius 2 is 1.82 bits per heavy atom. The normalized spacial score (nSPS) is 17.4. The first kappa shape index (κ1) is 22.0. The number of fused-ring (bicyclic) bond motifs is 2. The third-order valence-electron chi connectivity index (χ3n) is 6.45. The molecule has 7 nitrogen and oxygen atoms in total. The lowest BCUT2D eigenvalue weighted by Gasteiger charge is -2.33. The minimum absolute atomic E-state index is 0.0490. The van der Waals surface area contributed by atoms with Gasteiger partial charge >= 0.3 is 0 Å². The van der Waals surface area contributed by atoms with Gasteiger partial charge in [-0.3, -0.25) is 14.3 Å². The SMILES string of the molecule is C[C@H]1c2nn(C)c(-c3cc(F)c(F)c(F)c3)c2CCN1C(=O)c1ccc2c(c1)N(C)C(=O)CO2. The van der Waals surface area contributed by atoms with Crippen LogP contribution in [0.25, 0.3) is 11.3 Å². The van der Waals surface area contributed by atoms with Gasteiger partial charge in [-0.1, -0.05) is 0 Å². The molecule has 176 valence electrons. The average molecular weight is 470 g/mol. The number of anilines is 1. The Balaban J connectivity index is 1.48. The van der Waals surface area contributed by atoms with Crippen LogP contribution in [0.5, 0.6) is 5.75 Å². The first-order chi connectivity index (χ1) is 16.2. The van der Waals surface area contributed by atoms with E-state index in [1.807, 2.05) is 6.92 Å². The van der Waals surface area contributed by atoms with Crippen LogP contribution in [0.4, 0.5) is 18.9 Å². The summed E-state index contributed by atoms with van der Waals surface area (Å²) in [6, 6.07) is 6.43. The minimum atomic E-state index is -1.52. The van der Waals surface area contributed by atoms with Crippen molar-refractivity contribution in [3.63, 3.8) is 0 Å². The Kier molecular flexibility index (Phi) is 5.11. The number of rotatable bonds is 2. The molecule has 0 saturated heterocycles. The summed E-state index contributed by atoms with van der Waals surface area (Å²) in [4.78, 5) is 28.5. The topological polar surface area (TPSA) is 67.7 Å². The van der Waals surface area contributed by atoms with E-state index in [1.54, 1.807) is 37.2 Å². The standard InChI is InChI=1S/C24H21F3N4O3/c1-12-22-15(23(30(3)28-22)14-8-16(25)21(27)17(26)9-14)6-7-31(12)24(33)13-4-5-19-18(10-13)29(2)20(32)11-34-19/h4-5,8-10,12H,6-7,11H2,1-3H3/t12-/m0/s1. The summed E-state index contributed by atoms with van der Waals surface area (Å²) in [5, 5.41) is 4.52. The zero-order valence-corrected chi connectivity index (χ0v) is 18.7. The van der Waals surface area contributed by atoms with Crippen LogP contribution in [-0.2, 0) is 18.3 Å². The molecule has 1 aromatic heterocycles. The molecule has 3 aromatic rings. The fourth-order valence-electron chi connectivity index (χ4n) is 4.65. The summed E-state index contributed by atoms with van der Waals surface area (Å²) in [6.07, 6.45) is 0.404. The number of carbonyl (C=O) groups is 2. The van der Waals surface area contributed by atoms with Crippen LogP contribution in [0.3, 0.4) is 0 Å². The van der Waals surface area contributed by atoms with Crippen molar-refractivity contribution in [1.29, 1.82) is 0 Å². The van der Waals surface area contributed by atoms with E-state index in [0.29, 0.717) is 41.4 Å². The van der Waals surface area contributed by atoms with E-state index in [4.69, 9.17) is 4.74 Å². The number of amides is 2. The van der Waals surface area contributed by atoms with Gasteiger partial charge in [0.15, 0.2) is 24.1 Å². The molecule has 10 heteroatoms. The third kappa shape index (κ3) is 3.32. The quantitative estimate of drug-likeness (QED) is 0.537. The first-order valence-corrected chi connectivity index (χ1v) is 10.7. The number of nitrogens with zero attached hydrogens (tertiary/aromatic N) is 4. The highest BCUT2D eigenvalue weighted by molar-refractivity contribution is 6.01. The van der Waals surface area contributed by atoms with E-state index >= 15 is 0 Å². The monoisotopic (exact) mass is 470 g/mol.